The first-order valence-corrected chi connectivity index (χ1v) is 8.77. The molecule has 1 N–H and O–H groups in total. The third-order valence-electron chi connectivity index (χ3n) is 3.82. The van der Waals surface area contributed by atoms with Crippen LogP contribution in [-0.4, -0.2) is 30.9 Å². The van der Waals surface area contributed by atoms with Gasteiger partial charge in [-0.3, -0.25) is 14.4 Å². The predicted molar refractivity (Wildman–Crippen MR) is 102 cm³/mol. The fraction of sp³-hybridized carbons (Fsp3) is 0.286. The number of esters is 1. The number of ketones is 1. The van der Waals surface area contributed by atoms with Gasteiger partial charge in [-0.05, 0) is 44.0 Å². The Kier molecular flexibility index (Phi) is 7.55. The summed E-state index contributed by atoms with van der Waals surface area (Å²) in [4.78, 5) is 35.5. The topological polar surface area (TPSA) is 81.7 Å². The highest BCUT2D eigenvalue weighted by atomic mass is 16.5. The molecule has 2 aromatic carbocycles. The molecule has 0 bridgehead atoms. The highest BCUT2D eigenvalue weighted by Gasteiger charge is 2.12. The van der Waals surface area contributed by atoms with Crippen molar-refractivity contribution in [2.24, 2.45) is 0 Å². The van der Waals surface area contributed by atoms with Gasteiger partial charge in [-0.15, -0.1) is 0 Å². The molecule has 0 atom stereocenters. The first-order valence-electron chi connectivity index (χ1n) is 8.77. The molecule has 0 aromatic heterocycles. The lowest BCUT2D eigenvalue weighted by Gasteiger charge is -2.11. The van der Waals surface area contributed by atoms with Crippen molar-refractivity contribution in [1.29, 1.82) is 0 Å². The van der Waals surface area contributed by atoms with E-state index in [-0.39, 0.29) is 12.2 Å². The maximum Gasteiger partial charge on any atom is 0.306 e. The second-order valence-corrected chi connectivity index (χ2v) is 5.85. The van der Waals surface area contributed by atoms with Crippen LogP contribution in [0.4, 0.5) is 5.69 Å². The van der Waals surface area contributed by atoms with E-state index >= 15 is 0 Å². The summed E-state index contributed by atoms with van der Waals surface area (Å²) >= 11 is 0. The third-order valence-corrected chi connectivity index (χ3v) is 3.82. The summed E-state index contributed by atoms with van der Waals surface area (Å²) in [5.74, 6) is -0.384. The number of carbonyl (C=O) groups excluding carboxylic acids is 3. The lowest BCUT2D eigenvalue weighted by atomic mass is 10.1. The van der Waals surface area contributed by atoms with Crippen molar-refractivity contribution in [3.63, 3.8) is 0 Å². The molecule has 0 unspecified atom stereocenters. The fourth-order valence-corrected chi connectivity index (χ4v) is 2.55. The molecule has 142 valence electrons. The SMILES string of the molecule is CCOc1ccccc1CCC(=O)OCC(=O)Nc1ccccc1C(C)=O. The number of carbonyl (C=O) groups is 3. The van der Waals surface area contributed by atoms with E-state index in [4.69, 9.17) is 9.47 Å². The molecule has 0 aliphatic heterocycles. The van der Waals surface area contributed by atoms with Gasteiger partial charge in [-0.1, -0.05) is 30.3 Å². The zero-order valence-corrected chi connectivity index (χ0v) is 15.5. The number of hydrogen-bond donors (Lipinski definition) is 1. The Morgan fingerprint density at radius 1 is 1.00 bits per heavy atom. The van der Waals surface area contributed by atoms with Gasteiger partial charge in [-0.2, -0.15) is 0 Å². The number of aryl methyl sites for hydroxylation is 1. The minimum atomic E-state index is -0.494. The number of para-hydroxylation sites is 2. The minimum Gasteiger partial charge on any atom is -0.494 e. The number of amides is 1. The number of hydrogen-bond acceptors (Lipinski definition) is 5. The van der Waals surface area contributed by atoms with Gasteiger partial charge in [0.2, 0.25) is 0 Å². The molecule has 6 nitrogen and oxygen atoms in total. The molecule has 0 aliphatic carbocycles. The van der Waals surface area contributed by atoms with Crippen LogP contribution in [0, 0.1) is 0 Å². The zero-order valence-electron chi connectivity index (χ0n) is 15.5. The molecule has 0 heterocycles. The second kappa shape index (κ2) is 10.1. The van der Waals surface area contributed by atoms with Gasteiger partial charge in [0, 0.05) is 12.0 Å². The third kappa shape index (κ3) is 6.26. The monoisotopic (exact) mass is 369 g/mol. The molecule has 0 radical (unpaired) electrons. The Morgan fingerprint density at radius 3 is 2.44 bits per heavy atom. The van der Waals surface area contributed by atoms with E-state index in [1.807, 2.05) is 31.2 Å². The quantitative estimate of drug-likeness (QED) is 0.541. The summed E-state index contributed by atoms with van der Waals surface area (Å²) in [5, 5.41) is 2.59. The maximum atomic E-state index is 12.0. The lowest BCUT2D eigenvalue weighted by molar-refractivity contribution is -0.147. The van der Waals surface area contributed by atoms with Gasteiger partial charge in [0.25, 0.3) is 5.91 Å². The van der Waals surface area contributed by atoms with Crippen LogP contribution in [0.2, 0.25) is 0 Å². The van der Waals surface area contributed by atoms with Crippen LogP contribution in [0.5, 0.6) is 5.75 Å². The number of benzene rings is 2. The highest BCUT2D eigenvalue weighted by molar-refractivity contribution is 6.04. The van der Waals surface area contributed by atoms with Crippen molar-refractivity contribution < 1.29 is 23.9 Å². The van der Waals surface area contributed by atoms with Gasteiger partial charge < -0.3 is 14.8 Å². The Bertz CT molecular complexity index is 816. The molecular weight excluding hydrogens is 346 g/mol. The van der Waals surface area contributed by atoms with Crippen molar-refractivity contribution in [3.05, 3.63) is 59.7 Å². The molecule has 0 aliphatic rings. The largest absolute Gasteiger partial charge is 0.494 e. The Balaban J connectivity index is 1.82. The highest BCUT2D eigenvalue weighted by Crippen LogP contribution is 2.19. The van der Waals surface area contributed by atoms with Gasteiger partial charge >= 0.3 is 5.97 Å². The summed E-state index contributed by atoms with van der Waals surface area (Å²) in [7, 11) is 0. The first kappa shape index (κ1) is 20.2. The molecule has 27 heavy (non-hydrogen) atoms. The Labute approximate surface area is 158 Å². The smallest absolute Gasteiger partial charge is 0.306 e. The maximum absolute atomic E-state index is 12.0. The van der Waals surface area contributed by atoms with Crippen LogP contribution in [0.25, 0.3) is 0 Å². The Morgan fingerprint density at radius 2 is 1.70 bits per heavy atom. The molecule has 0 saturated carbocycles. The molecule has 2 rings (SSSR count). The van der Waals surface area contributed by atoms with Crippen molar-refractivity contribution in [3.8, 4) is 5.75 Å². The van der Waals surface area contributed by atoms with Crippen LogP contribution in [0.1, 0.15) is 36.2 Å². The molecule has 2 aromatic rings. The van der Waals surface area contributed by atoms with Crippen molar-refractivity contribution in [2.75, 3.05) is 18.5 Å². The average molecular weight is 369 g/mol. The summed E-state index contributed by atoms with van der Waals surface area (Å²) in [6.07, 6.45) is 0.602. The number of nitrogens with one attached hydrogen (secondary N) is 1. The molecule has 0 spiro atoms. The first-order chi connectivity index (χ1) is 13.0. The number of Topliss-reactive ketones (excluding diaryl/α,β-unsaturated/α-hetero) is 1. The summed E-state index contributed by atoms with van der Waals surface area (Å²) in [5.41, 5.74) is 1.72. The van der Waals surface area contributed by atoms with E-state index < -0.39 is 18.5 Å². The molecule has 0 fully saturated rings. The minimum absolute atomic E-state index is 0.140. The van der Waals surface area contributed by atoms with Gasteiger partial charge in [0.15, 0.2) is 12.4 Å². The van der Waals surface area contributed by atoms with Crippen molar-refractivity contribution in [1.82, 2.24) is 0 Å². The zero-order chi connectivity index (χ0) is 19.6. The number of rotatable bonds is 9. The van der Waals surface area contributed by atoms with E-state index in [1.54, 1.807) is 24.3 Å². The molecular formula is C21H23NO5. The van der Waals surface area contributed by atoms with Crippen molar-refractivity contribution >= 4 is 23.3 Å². The molecule has 1 amide bonds. The lowest BCUT2D eigenvalue weighted by Crippen LogP contribution is -2.22. The summed E-state index contributed by atoms with van der Waals surface area (Å²) in [6.45, 7) is 3.46. The number of anilines is 1. The van der Waals surface area contributed by atoms with Crippen LogP contribution >= 0.6 is 0 Å². The second-order valence-electron chi connectivity index (χ2n) is 5.85. The fourth-order valence-electron chi connectivity index (χ4n) is 2.55. The van der Waals surface area contributed by atoms with Gasteiger partial charge in [0.05, 0.1) is 12.3 Å². The molecule has 6 heteroatoms. The van der Waals surface area contributed by atoms with Gasteiger partial charge in [-0.25, -0.2) is 0 Å². The van der Waals surface area contributed by atoms with Crippen LogP contribution in [0.15, 0.2) is 48.5 Å². The van der Waals surface area contributed by atoms with Crippen molar-refractivity contribution in [2.45, 2.75) is 26.7 Å². The van der Waals surface area contributed by atoms with E-state index in [1.165, 1.54) is 6.92 Å². The van der Waals surface area contributed by atoms with E-state index in [0.717, 1.165) is 11.3 Å². The standard InChI is InChI=1S/C21H23NO5/c1-3-26-19-11-7-4-8-16(19)12-13-21(25)27-14-20(24)22-18-10-6-5-9-17(18)15(2)23/h4-11H,3,12-14H2,1-2H3,(H,22,24). The Hall–Kier alpha value is -3.15. The van der Waals surface area contributed by atoms with Gasteiger partial charge in [0.1, 0.15) is 5.75 Å². The normalized spacial score (nSPS) is 10.1. The average Bonchev–Trinajstić information content (AvgIpc) is 2.66. The van der Waals surface area contributed by atoms with Crippen LogP contribution in [0.3, 0.4) is 0 Å². The molecule has 0 saturated heterocycles. The van der Waals surface area contributed by atoms with Crippen LogP contribution in [-0.2, 0) is 20.7 Å². The van der Waals surface area contributed by atoms with E-state index in [9.17, 15) is 14.4 Å². The van der Waals surface area contributed by atoms with E-state index in [0.29, 0.717) is 24.3 Å². The summed E-state index contributed by atoms with van der Waals surface area (Å²) < 4.78 is 10.5. The summed E-state index contributed by atoms with van der Waals surface area (Å²) in [6, 6.07) is 14.2. The van der Waals surface area contributed by atoms with Crippen LogP contribution < -0.4 is 10.1 Å². The predicted octanol–water partition coefficient (Wildman–Crippen LogP) is 3.40. The van der Waals surface area contributed by atoms with E-state index in [2.05, 4.69) is 5.32 Å². The number of ether oxygens (including phenoxy) is 2.